The van der Waals surface area contributed by atoms with Crippen molar-refractivity contribution >= 4 is 16.2 Å². The highest BCUT2D eigenvalue weighted by molar-refractivity contribution is 7.87. The molecule has 0 aliphatic carbocycles. The molecule has 0 amide bonds. The SMILES string of the molecule is CC(C)(C)[C@@H](NS(N)(=O)=O)C(=O)O. The van der Waals surface area contributed by atoms with E-state index in [-0.39, 0.29) is 0 Å². The standard InChI is InChI=1S/C6H14N2O4S/c1-6(2,3)4(5(9)10)8-13(7,11)12/h4,8H,1-3H3,(H,9,10)(H2,7,11,12)/t4-/m0/s1. The monoisotopic (exact) mass is 210 g/mol. The van der Waals surface area contributed by atoms with Crippen molar-refractivity contribution in [2.24, 2.45) is 10.6 Å². The summed E-state index contributed by atoms with van der Waals surface area (Å²) in [4.78, 5) is 10.6. The van der Waals surface area contributed by atoms with E-state index in [1.807, 2.05) is 4.72 Å². The second-order valence-corrected chi connectivity index (χ2v) is 5.13. The van der Waals surface area contributed by atoms with Crippen LogP contribution >= 0.6 is 0 Å². The van der Waals surface area contributed by atoms with Crippen molar-refractivity contribution in [3.63, 3.8) is 0 Å². The van der Waals surface area contributed by atoms with Crippen LogP contribution < -0.4 is 9.86 Å². The molecule has 0 aromatic carbocycles. The minimum Gasteiger partial charge on any atom is -0.480 e. The molecule has 0 aromatic heterocycles. The van der Waals surface area contributed by atoms with E-state index in [4.69, 9.17) is 5.11 Å². The molecule has 0 radical (unpaired) electrons. The number of hydrogen-bond donors (Lipinski definition) is 3. The molecule has 0 aliphatic heterocycles. The lowest BCUT2D eigenvalue weighted by Crippen LogP contribution is -2.51. The Kier molecular flexibility index (Phi) is 3.42. The highest BCUT2D eigenvalue weighted by Gasteiger charge is 2.33. The third kappa shape index (κ3) is 4.81. The highest BCUT2D eigenvalue weighted by Crippen LogP contribution is 2.19. The van der Waals surface area contributed by atoms with Crippen LogP contribution in [0.2, 0.25) is 0 Å². The molecule has 0 aromatic rings. The maximum absolute atomic E-state index is 10.6. The molecule has 13 heavy (non-hydrogen) atoms. The molecule has 0 heterocycles. The molecule has 0 unspecified atom stereocenters. The summed E-state index contributed by atoms with van der Waals surface area (Å²) in [5.74, 6) is -1.25. The summed E-state index contributed by atoms with van der Waals surface area (Å²) < 4.78 is 23.0. The largest absolute Gasteiger partial charge is 0.480 e. The summed E-state index contributed by atoms with van der Waals surface area (Å²) in [6.45, 7) is 4.80. The van der Waals surface area contributed by atoms with Crippen molar-refractivity contribution in [2.75, 3.05) is 0 Å². The van der Waals surface area contributed by atoms with Gasteiger partial charge in [-0.1, -0.05) is 20.8 Å². The van der Waals surface area contributed by atoms with Crippen LogP contribution in [0.25, 0.3) is 0 Å². The molecule has 7 heteroatoms. The van der Waals surface area contributed by atoms with Gasteiger partial charge in [-0.05, 0) is 5.41 Å². The van der Waals surface area contributed by atoms with E-state index >= 15 is 0 Å². The highest BCUT2D eigenvalue weighted by atomic mass is 32.2. The van der Waals surface area contributed by atoms with Gasteiger partial charge in [-0.15, -0.1) is 0 Å². The molecule has 78 valence electrons. The lowest BCUT2D eigenvalue weighted by atomic mass is 9.88. The maximum atomic E-state index is 10.6. The number of carboxylic acid groups (broad SMARTS) is 1. The molecule has 1 atom stereocenters. The fourth-order valence-corrected chi connectivity index (χ4v) is 1.54. The van der Waals surface area contributed by atoms with Gasteiger partial charge in [-0.2, -0.15) is 13.1 Å². The average molecular weight is 210 g/mol. The Hall–Kier alpha value is -0.660. The van der Waals surface area contributed by atoms with Crippen LogP contribution in [0.1, 0.15) is 20.8 Å². The number of carboxylic acids is 1. The van der Waals surface area contributed by atoms with Gasteiger partial charge in [0.2, 0.25) is 0 Å². The predicted molar refractivity (Wildman–Crippen MR) is 47.1 cm³/mol. The zero-order valence-electron chi connectivity index (χ0n) is 7.73. The van der Waals surface area contributed by atoms with Crippen LogP contribution in [0, 0.1) is 5.41 Å². The summed E-state index contributed by atoms with van der Waals surface area (Å²) >= 11 is 0. The summed E-state index contributed by atoms with van der Waals surface area (Å²) in [5.41, 5.74) is -0.724. The first-order valence-electron chi connectivity index (χ1n) is 3.57. The van der Waals surface area contributed by atoms with Crippen LogP contribution in [0.15, 0.2) is 0 Å². The Balaban J connectivity index is 4.77. The average Bonchev–Trinajstić information content (AvgIpc) is 1.77. The molecule has 0 bridgehead atoms. The second kappa shape index (κ2) is 3.60. The zero-order valence-corrected chi connectivity index (χ0v) is 8.55. The molecular weight excluding hydrogens is 196 g/mol. The molecule has 0 saturated carbocycles. The first-order valence-corrected chi connectivity index (χ1v) is 5.11. The van der Waals surface area contributed by atoms with E-state index in [9.17, 15) is 13.2 Å². The number of aliphatic carboxylic acids is 1. The molecule has 0 saturated heterocycles. The van der Waals surface area contributed by atoms with Crippen molar-refractivity contribution in [2.45, 2.75) is 26.8 Å². The smallest absolute Gasteiger partial charge is 0.322 e. The molecule has 4 N–H and O–H groups in total. The quantitative estimate of drug-likeness (QED) is 0.571. The van der Waals surface area contributed by atoms with E-state index in [0.29, 0.717) is 0 Å². The van der Waals surface area contributed by atoms with Crippen LogP contribution in [-0.4, -0.2) is 25.5 Å². The van der Waals surface area contributed by atoms with Gasteiger partial charge in [0.1, 0.15) is 6.04 Å². The summed E-state index contributed by atoms with van der Waals surface area (Å²) in [5, 5.41) is 13.4. The number of rotatable bonds is 3. The van der Waals surface area contributed by atoms with E-state index < -0.39 is 27.6 Å². The topological polar surface area (TPSA) is 109 Å². The van der Waals surface area contributed by atoms with E-state index in [2.05, 4.69) is 5.14 Å². The Morgan fingerprint density at radius 3 is 1.92 bits per heavy atom. The van der Waals surface area contributed by atoms with Crippen LogP contribution in [0.3, 0.4) is 0 Å². The van der Waals surface area contributed by atoms with Crippen molar-refractivity contribution in [1.29, 1.82) is 0 Å². The van der Waals surface area contributed by atoms with E-state index in [1.165, 1.54) is 0 Å². The lowest BCUT2D eigenvalue weighted by molar-refractivity contribution is -0.141. The van der Waals surface area contributed by atoms with Crippen molar-refractivity contribution < 1.29 is 18.3 Å². The van der Waals surface area contributed by atoms with Gasteiger partial charge >= 0.3 is 5.97 Å². The molecule has 0 aliphatic rings. The molecule has 0 spiro atoms. The van der Waals surface area contributed by atoms with Gasteiger partial charge in [0, 0.05) is 0 Å². The van der Waals surface area contributed by atoms with E-state index in [1.54, 1.807) is 20.8 Å². The third-order valence-electron chi connectivity index (χ3n) is 1.40. The van der Waals surface area contributed by atoms with Gasteiger partial charge in [0.15, 0.2) is 0 Å². The van der Waals surface area contributed by atoms with Crippen molar-refractivity contribution in [1.82, 2.24) is 4.72 Å². The second-order valence-electron chi connectivity index (χ2n) is 3.80. The Labute approximate surface area is 77.3 Å². The minimum atomic E-state index is -3.98. The first-order chi connectivity index (χ1) is 5.54. The molecule has 0 rings (SSSR count). The normalized spacial score (nSPS) is 15.4. The summed E-state index contributed by atoms with van der Waals surface area (Å²) in [6, 6.07) is -1.22. The predicted octanol–water partition coefficient (Wildman–Crippen LogP) is -0.721. The number of nitrogens with one attached hydrogen (secondary N) is 1. The Bertz CT molecular complexity index is 290. The van der Waals surface area contributed by atoms with Gasteiger partial charge in [0.25, 0.3) is 10.2 Å². The molecule has 0 fully saturated rings. The number of nitrogens with two attached hydrogens (primary N) is 1. The first kappa shape index (κ1) is 12.3. The van der Waals surface area contributed by atoms with Crippen molar-refractivity contribution in [3.05, 3.63) is 0 Å². The Morgan fingerprint density at radius 1 is 1.46 bits per heavy atom. The van der Waals surface area contributed by atoms with Gasteiger partial charge in [-0.25, -0.2) is 5.14 Å². The van der Waals surface area contributed by atoms with Crippen LogP contribution in [0.4, 0.5) is 0 Å². The van der Waals surface area contributed by atoms with Gasteiger partial charge in [-0.3, -0.25) is 4.79 Å². The maximum Gasteiger partial charge on any atom is 0.322 e. The summed E-state index contributed by atoms with van der Waals surface area (Å²) in [6.07, 6.45) is 0. The lowest BCUT2D eigenvalue weighted by Gasteiger charge is -2.26. The molecular formula is C6H14N2O4S. The molecule has 6 nitrogen and oxygen atoms in total. The third-order valence-corrected chi connectivity index (χ3v) is 1.96. The zero-order chi connectivity index (χ0) is 10.9. The minimum absolute atomic E-state index is 0.724. The van der Waals surface area contributed by atoms with Crippen molar-refractivity contribution in [3.8, 4) is 0 Å². The summed E-state index contributed by atoms with van der Waals surface area (Å²) in [7, 11) is -3.98. The fraction of sp³-hybridized carbons (Fsp3) is 0.833. The van der Waals surface area contributed by atoms with Crippen LogP contribution in [0.5, 0.6) is 0 Å². The van der Waals surface area contributed by atoms with Gasteiger partial charge < -0.3 is 5.11 Å². The van der Waals surface area contributed by atoms with Gasteiger partial charge in [0.05, 0.1) is 0 Å². The Morgan fingerprint density at radius 2 is 1.85 bits per heavy atom. The fourth-order valence-electron chi connectivity index (χ4n) is 0.762. The number of carbonyl (C=O) groups is 1. The van der Waals surface area contributed by atoms with E-state index in [0.717, 1.165) is 0 Å². The van der Waals surface area contributed by atoms with Crippen LogP contribution in [-0.2, 0) is 15.0 Å². The number of hydrogen-bond acceptors (Lipinski definition) is 3.